The van der Waals surface area contributed by atoms with Gasteiger partial charge in [-0.1, -0.05) is 30.2 Å². The van der Waals surface area contributed by atoms with E-state index in [1.807, 2.05) is 6.07 Å². The van der Waals surface area contributed by atoms with Gasteiger partial charge in [0.05, 0.1) is 5.69 Å². The summed E-state index contributed by atoms with van der Waals surface area (Å²) >= 11 is 0. The summed E-state index contributed by atoms with van der Waals surface area (Å²) in [7, 11) is 0. The molecule has 27 heavy (non-hydrogen) atoms. The summed E-state index contributed by atoms with van der Waals surface area (Å²) in [6.45, 7) is 3.84. The molecule has 2 rings (SSSR count). The van der Waals surface area contributed by atoms with Crippen LogP contribution < -0.4 is 10.1 Å². The van der Waals surface area contributed by atoms with Crippen LogP contribution in [0.2, 0.25) is 0 Å². The summed E-state index contributed by atoms with van der Waals surface area (Å²) in [5, 5.41) is 11.7. The Labute approximate surface area is 157 Å². The van der Waals surface area contributed by atoms with Gasteiger partial charge < -0.3 is 10.1 Å². The molecule has 4 nitrogen and oxygen atoms in total. The van der Waals surface area contributed by atoms with Gasteiger partial charge >= 0.3 is 0 Å². The van der Waals surface area contributed by atoms with Crippen molar-refractivity contribution >= 4 is 17.7 Å². The van der Waals surface area contributed by atoms with Crippen LogP contribution in [-0.4, -0.2) is 12.5 Å². The fraction of sp³-hybridized carbons (Fsp3) is 0.0909. The molecule has 1 N–H and O–H groups in total. The van der Waals surface area contributed by atoms with Gasteiger partial charge in [0.15, 0.2) is 0 Å². The molecule has 0 saturated heterocycles. The molecule has 134 valence electrons. The van der Waals surface area contributed by atoms with Crippen LogP contribution in [0.15, 0.2) is 60.7 Å². The van der Waals surface area contributed by atoms with Crippen molar-refractivity contribution in [3.63, 3.8) is 0 Å². The Bertz CT molecular complexity index is 965. The number of para-hydroxylation sites is 1. The number of halogens is 1. The van der Waals surface area contributed by atoms with E-state index in [4.69, 9.17) is 11.2 Å². The van der Waals surface area contributed by atoms with E-state index in [2.05, 4.69) is 17.8 Å². The van der Waals surface area contributed by atoms with Crippen LogP contribution in [0.25, 0.3) is 6.08 Å². The molecule has 0 radical (unpaired) electrons. The second-order valence-electron chi connectivity index (χ2n) is 5.46. The van der Waals surface area contributed by atoms with Crippen LogP contribution in [-0.2, 0) is 11.2 Å². The van der Waals surface area contributed by atoms with Crippen molar-refractivity contribution in [1.29, 1.82) is 5.26 Å². The molecule has 0 atom stereocenters. The largest absolute Gasteiger partial charge is 0.481 e. The Hall–Kier alpha value is -3.83. The number of amides is 1. The molecule has 2 aromatic carbocycles. The monoisotopic (exact) mass is 360 g/mol. The van der Waals surface area contributed by atoms with Crippen molar-refractivity contribution in [2.24, 2.45) is 0 Å². The molecule has 0 bridgehead atoms. The van der Waals surface area contributed by atoms with Gasteiger partial charge in [-0.05, 0) is 47.9 Å². The Kier molecular flexibility index (Phi) is 6.93. The summed E-state index contributed by atoms with van der Waals surface area (Å²) < 4.78 is 19.1. The zero-order valence-corrected chi connectivity index (χ0v) is 14.5. The third-order valence-corrected chi connectivity index (χ3v) is 3.56. The number of anilines is 1. The van der Waals surface area contributed by atoms with E-state index in [1.165, 1.54) is 24.3 Å². The first-order chi connectivity index (χ1) is 13.1. The summed E-state index contributed by atoms with van der Waals surface area (Å²) in [5.74, 6) is 1.74. The molecule has 0 unspecified atom stereocenters. The van der Waals surface area contributed by atoms with Crippen LogP contribution in [0, 0.1) is 29.5 Å². The molecule has 0 aromatic heterocycles. The Balaban J connectivity index is 2.28. The fourth-order valence-electron chi connectivity index (χ4n) is 2.33. The molecule has 1 amide bonds. The van der Waals surface area contributed by atoms with Crippen LogP contribution in [0.3, 0.4) is 0 Å². The standard InChI is InChI=1S/C22H17FN2O2/c1-3-7-17-13-16(10-11-21(17)27-12-4-2)14-18(15-24)22(26)25-20-9-6-5-8-19(20)23/h2-3,5-6,8-11,13-14H,1,7,12H2,(H,25,26)/b18-14-. The lowest BCUT2D eigenvalue weighted by Crippen LogP contribution is -2.14. The third kappa shape index (κ3) is 5.32. The Morgan fingerprint density at radius 3 is 2.78 bits per heavy atom. The van der Waals surface area contributed by atoms with Gasteiger partial charge in [-0.3, -0.25) is 4.79 Å². The summed E-state index contributed by atoms with van der Waals surface area (Å²) in [6, 6.07) is 12.8. The van der Waals surface area contributed by atoms with Crippen LogP contribution >= 0.6 is 0 Å². The van der Waals surface area contributed by atoms with Gasteiger partial charge in [0.2, 0.25) is 0 Å². The molecule has 0 spiro atoms. The molecule has 0 aliphatic carbocycles. The smallest absolute Gasteiger partial charge is 0.266 e. The second kappa shape index (κ2) is 9.60. The molecule has 0 saturated carbocycles. The minimum absolute atomic E-state index is 0.00836. The highest BCUT2D eigenvalue weighted by atomic mass is 19.1. The number of nitriles is 1. The summed E-state index contributed by atoms with van der Waals surface area (Å²) in [5.41, 5.74) is 1.30. The summed E-state index contributed by atoms with van der Waals surface area (Å²) in [6.07, 6.45) is 8.88. The third-order valence-electron chi connectivity index (χ3n) is 3.56. The molecule has 0 heterocycles. The average Bonchev–Trinajstić information content (AvgIpc) is 2.67. The minimum Gasteiger partial charge on any atom is -0.481 e. The number of ether oxygens (including phenoxy) is 1. The topological polar surface area (TPSA) is 62.1 Å². The maximum absolute atomic E-state index is 13.7. The Morgan fingerprint density at radius 1 is 1.33 bits per heavy atom. The maximum Gasteiger partial charge on any atom is 0.266 e. The number of hydrogen-bond acceptors (Lipinski definition) is 3. The van der Waals surface area contributed by atoms with Gasteiger partial charge in [-0.2, -0.15) is 5.26 Å². The van der Waals surface area contributed by atoms with Crippen LogP contribution in [0.4, 0.5) is 10.1 Å². The minimum atomic E-state index is -0.694. The van der Waals surface area contributed by atoms with Crippen molar-refractivity contribution in [3.05, 3.63) is 77.6 Å². The quantitative estimate of drug-likeness (QED) is 0.350. The number of terminal acetylenes is 1. The van der Waals surface area contributed by atoms with Crippen molar-refractivity contribution in [2.45, 2.75) is 6.42 Å². The lowest BCUT2D eigenvalue weighted by Gasteiger charge is -2.10. The lowest BCUT2D eigenvalue weighted by molar-refractivity contribution is -0.112. The number of carbonyl (C=O) groups excluding carboxylic acids is 1. The number of nitrogens with one attached hydrogen (secondary N) is 1. The SMILES string of the molecule is C#CCOc1ccc(/C=C(/C#N)C(=O)Nc2ccccc2F)cc1CC=C. The number of allylic oxidation sites excluding steroid dienone is 1. The highest BCUT2D eigenvalue weighted by Gasteiger charge is 2.12. The van der Waals surface area contributed by atoms with Gasteiger partial charge in [-0.25, -0.2) is 4.39 Å². The molecule has 5 heteroatoms. The van der Waals surface area contributed by atoms with Crippen molar-refractivity contribution in [3.8, 4) is 24.2 Å². The predicted octanol–water partition coefficient (Wildman–Crippen LogP) is 4.11. The number of rotatable bonds is 7. The van der Waals surface area contributed by atoms with Crippen molar-refractivity contribution in [1.82, 2.24) is 0 Å². The normalized spacial score (nSPS) is 10.4. The van der Waals surface area contributed by atoms with Crippen LogP contribution in [0.5, 0.6) is 5.75 Å². The first kappa shape index (κ1) is 19.5. The molecular weight excluding hydrogens is 343 g/mol. The molecule has 0 aliphatic rings. The van der Waals surface area contributed by atoms with Crippen LogP contribution in [0.1, 0.15) is 11.1 Å². The van der Waals surface area contributed by atoms with E-state index in [0.29, 0.717) is 17.7 Å². The van der Waals surface area contributed by atoms with Gasteiger partial charge in [-0.15, -0.1) is 13.0 Å². The average molecular weight is 360 g/mol. The highest BCUT2D eigenvalue weighted by Crippen LogP contribution is 2.23. The lowest BCUT2D eigenvalue weighted by atomic mass is 10.0. The van der Waals surface area contributed by atoms with Gasteiger partial charge in [0.1, 0.15) is 29.8 Å². The molecule has 2 aromatic rings. The number of nitrogens with zero attached hydrogens (tertiary/aromatic N) is 1. The maximum atomic E-state index is 13.7. The predicted molar refractivity (Wildman–Crippen MR) is 103 cm³/mol. The second-order valence-corrected chi connectivity index (χ2v) is 5.46. The van der Waals surface area contributed by atoms with Crippen molar-refractivity contribution in [2.75, 3.05) is 11.9 Å². The number of carbonyl (C=O) groups is 1. The van der Waals surface area contributed by atoms with E-state index in [0.717, 1.165) is 5.56 Å². The molecule has 0 aliphatic heterocycles. The molecular formula is C22H17FN2O2. The molecule has 0 fully saturated rings. The van der Waals surface area contributed by atoms with Gasteiger partial charge in [0.25, 0.3) is 5.91 Å². The first-order valence-electron chi connectivity index (χ1n) is 8.06. The zero-order chi connectivity index (χ0) is 19.6. The zero-order valence-electron chi connectivity index (χ0n) is 14.5. The van der Waals surface area contributed by atoms with E-state index in [1.54, 1.807) is 30.3 Å². The van der Waals surface area contributed by atoms with E-state index in [9.17, 15) is 14.4 Å². The Morgan fingerprint density at radius 2 is 2.11 bits per heavy atom. The fourth-order valence-corrected chi connectivity index (χ4v) is 2.33. The van der Waals surface area contributed by atoms with Crippen molar-refractivity contribution < 1.29 is 13.9 Å². The van der Waals surface area contributed by atoms with E-state index < -0.39 is 11.7 Å². The summed E-state index contributed by atoms with van der Waals surface area (Å²) in [4.78, 5) is 12.3. The van der Waals surface area contributed by atoms with E-state index >= 15 is 0 Å². The number of hydrogen-bond donors (Lipinski definition) is 1. The van der Waals surface area contributed by atoms with Gasteiger partial charge in [0, 0.05) is 0 Å². The number of benzene rings is 2. The first-order valence-corrected chi connectivity index (χ1v) is 8.06. The van der Waals surface area contributed by atoms with E-state index in [-0.39, 0.29) is 17.9 Å². The highest BCUT2D eigenvalue weighted by molar-refractivity contribution is 6.09.